The predicted molar refractivity (Wildman–Crippen MR) is 80.8 cm³/mol. The van der Waals surface area contributed by atoms with Crippen LogP contribution in [0.2, 0.25) is 0 Å². The molecule has 96 valence electrons. The Balaban J connectivity index is 2.47. The van der Waals surface area contributed by atoms with Crippen molar-refractivity contribution in [3.05, 3.63) is 69.7 Å². The van der Waals surface area contributed by atoms with Gasteiger partial charge < -0.3 is 5.11 Å². The molecule has 0 saturated heterocycles. The number of aryl methyl sites for hydroxylation is 1. The van der Waals surface area contributed by atoms with Crippen molar-refractivity contribution < 1.29 is 9.90 Å². The number of rotatable bonds is 3. The van der Waals surface area contributed by atoms with Crippen LogP contribution in [0.25, 0.3) is 11.6 Å². The molecule has 2 nitrogen and oxygen atoms in total. The van der Waals surface area contributed by atoms with Crippen molar-refractivity contribution in [3.8, 4) is 0 Å². The fraction of sp³-hybridized carbons (Fsp3) is 0.0625. The quantitative estimate of drug-likeness (QED) is 0.674. The van der Waals surface area contributed by atoms with Crippen LogP contribution in [0, 0.1) is 6.92 Å². The molecule has 2 rings (SSSR count). The van der Waals surface area contributed by atoms with E-state index in [9.17, 15) is 9.90 Å². The molecule has 0 unspecified atom stereocenters. The Kier molecular flexibility index (Phi) is 4.17. The summed E-state index contributed by atoms with van der Waals surface area (Å²) in [6.07, 6.45) is 1.68. The van der Waals surface area contributed by atoms with Crippen molar-refractivity contribution in [1.29, 1.82) is 0 Å². The predicted octanol–water partition coefficient (Wildman–Crippen LogP) is 4.38. The molecule has 0 bridgehead atoms. The van der Waals surface area contributed by atoms with Gasteiger partial charge in [-0.2, -0.15) is 0 Å². The zero-order valence-electron chi connectivity index (χ0n) is 10.4. The van der Waals surface area contributed by atoms with Crippen LogP contribution in [0.4, 0.5) is 0 Å². The molecule has 2 aromatic carbocycles. The molecule has 0 aliphatic carbocycles. The Morgan fingerprint density at radius 1 is 1.16 bits per heavy atom. The molecular weight excluding hydrogens is 304 g/mol. The lowest BCUT2D eigenvalue weighted by molar-refractivity contribution is -0.130. The molecule has 0 saturated carbocycles. The second kappa shape index (κ2) is 5.85. The molecule has 19 heavy (non-hydrogen) atoms. The van der Waals surface area contributed by atoms with Crippen LogP contribution in [0.3, 0.4) is 0 Å². The van der Waals surface area contributed by atoms with E-state index < -0.39 is 5.97 Å². The summed E-state index contributed by atoms with van der Waals surface area (Å²) >= 11 is 3.45. The lowest BCUT2D eigenvalue weighted by Crippen LogP contribution is -1.99. The normalized spacial score (nSPS) is 11.4. The van der Waals surface area contributed by atoms with Crippen LogP contribution in [-0.2, 0) is 4.79 Å². The summed E-state index contributed by atoms with van der Waals surface area (Å²) in [5.41, 5.74) is 2.97. The van der Waals surface area contributed by atoms with E-state index in [0.29, 0.717) is 5.56 Å². The maximum Gasteiger partial charge on any atom is 0.336 e. The fourth-order valence-corrected chi connectivity index (χ4v) is 2.15. The summed E-state index contributed by atoms with van der Waals surface area (Å²) in [5.74, 6) is -0.928. The van der Waals surface area contributed by atoms with Gasteiger partial charge in [0.05, 0.1) is 5.57 Å². The number of benzene rings is 2. The van der Waals surface area contributed by atoms with Crippen LogP contribution in [-0.4, -0.2) is 11.1 Å². The van der Waals surface area contributed by atoms with Crippen molar-refractivity contribution in [3.63, 3.8) is 0 Å². The van der Waals surface area contributed by atoms with Crippen LogP contribution >= 0.6 is 15.9 Å². The summed E-state index contributed by atoms with van der Waals surface area (Å²) in [7, 11) is 0. The van der Waals surface area contributed by atoms with Gasteiger partial charge in [0.15, 0.2) is 0 Å². The van der Waals surface area contributed by atoms with E-state index in [2.05, 4.69) is 15.9 Å². The lowest BCUT2D eigenvalue weighted by atomic mass is 10.0. The smallest absolute Gasteiger partial charge is 0.336 e. The molecule has 0 radical (unpaired) electrons. The zero-order valence-corrected chi connectivity index (χ0v) is 12.0. The highest BCUT2D eigenvalue weighted by Crippen LogP contribution is 2.22. The third-order valence-corrected chi connectivity index (χ3v) is 3.68. The molecule has 1 N–H and O–H groups in total. The van der Waals surface area contributed by atoms with E-state index >= 15 is 0 Å². The van der Waals surface area contributed by atoms with E-state index in [1.165, 1.54) is 0 Å². The first kappa shape index (κ1) is 13.6. The van der Waals surface area contributed by atoms with E-state index in [0.717, 1.165) is 15.6 Å². The SMILES string of the molecule is Cc1ccc(/C=C(/C(=O)O)c2ccccc2)cc1Br. The molecule has 0 aliphatic heterocycles. The molecule has 3 heteroatoms. The Morgan fingerprint density at radius 2 is 1.84 bits per heavy atom. The molecule has 0 aliphatic rings. The first-order valence-electron chi connectivity index (χ1n) is 5.84. The summed E-state index contributed by atoms with van der Waals surface area (Å²) in [6, 6.07) is 14.9. The highest BCUT2D eigenvalue weighted by atomic mass is 79.9. The van der Waals surface area contributed by atoms with Gasteiger partial charge in [0, 0.05) is 4.47 Å². The second-order valence-electron chi connectivity index (χ2n) is 4.24. The van der Waals surface area contributed by atoms with Gasteiger partial charge in [-0.25, -0.2) is 4.79 Å². The van der Waals surface area contributed by atoms with Gasteiger partial charge in [0.1, 0.15) is 0 Å². The summed E-state index contributed by atoms with van der Waals surface area (Å²) in [4.78, 5) is 11.4. The van der Waals surface area contributed by atoms with Crippen LogP contribution in [0.15, 0.2) is 53.0 Å². The van der Waals surface area contributed by atoms with Crippen molar-refractivity contribution in [2.45, 2.75) is 6.92 Å². The van der Waals surface area contributed by atoms with Gasteiger partial charge in [-0.05, 0) is 35.8 Å². The monoisotopic (exact) mass is 316 g/mol. The second-order valence-corrected chi connectivity index (χ2v) is 5.09. The Morgan fingerprint density at radius 3 is 2.42 bits per heavy atom. The summed E-state index contributed by atoms with van der Waals surface area (Å²) in [6.45, 7) is 1.99. The number of halogens is 1. The fourth-order valence-electron chi connectivity index (χ4n) is 1.75. The molecule has 0 aromatic heterocycles. The number of carbonyl (C=O) groups is 1. The number of hydrogen-bond acceptors (Lipinski definition) is 1. The summed E-state index contributed by atoms with van der Waals surface area (Å²) in [5, 5.41) is 9.33. The molecular formula is C16H13BrO2. The van der Waals surface area contributed by atoms with Crippen LogP contribution in [0.5, 0.6) is 0 Å². The van der Waals surface area contributed by atoms with Gasteiger partial charge in [-0.3, -0.25) is 0 Å². The summed E-state index contributed by atoms with van der Waals surface area (Å²) < 4.78 is 0.971. The van der Waals surface area contributed by atoms with Gasteiger partial charge in [0.2, 0.25) is 0 Å². The van der Waals surface area contributed by atoms with E-state index in [4.69, 9.17) is 0 Å². The average Bonchev–Trinajstić information content (AvgIpc) is 2.40. The van der Waals surface area contributed by atoms with Gasteiger partial charge >= 0.3 is 5.97 Å². The number of carboxylic acid groups (broad SMARTS) is 1. The minimum absolute atomic E-state index is 0.288. The molecule has 0 amide bonds. The molecule has 0 atom stereocenters. The topological polar surface area (TPSA) is 37.3 Å². The van der Waals surface area contributed by atoms with Crippen molar-refractivity contribution in [2.75, 3.05) is 0 Å². The van der Waals surface area contributed by atoms with Crippen molar-refractivity contribution in [1.82, 2.24) is 0 Å². The standard InChI is InChI=1S/C16H13BrO2/c1-11-7-8-12(10-15(11)17)9-14(16(18)19)13-5-3-2-4-6-13/h2-10H,1H3,(H,18,19)/b14-9+. The van der Waals surface area contributed by atoms with Gasteiger partial charge in [0.25, 0.3) is 0 Å². The maximum absolute atomic E-state index is 11.4. The minimum atomic E-state index is -0.928. The van der Waals surface area contributed by atoms with Gasteiger partial charge in [-0.15, -0.1) is 0 Å². The average molecular weight is 317 g/mol. The van der Waals surface area contributed by atoms with Crippen molar-refractivity contribution >= 4 is 33.5 Å². The third-order valence-electron chi connectivity index (χ3n) is 2.82. The van der Waals surface area contributed by atoms with E-state index in [-0.39, 0.29) is 5.57 Å². The highest BCUT2D eigenvalue weighted by molar-refractivity contribution is 9.10. The Hall–Kier alpha value is -1.87. The number of hydrogen-bond donors (Lipinski definition) is 1. The van der Waals surface area contributed by atoms with Crippen molar-refractivity contribution in [2.24, 2.45) is 0 Å². The Bertz CT molecular complexity index is 630. The largest absolute Gasteiger partial charge is 0.478 e. The van der Waals surface area contributed by atoms with E-state index in [1.807, 2.05) is 43.3 Å². The van der Waals surface area contributed by atoms with Crippen LogP contribution in [0.1, 0.15) is 16.7 Å². The molecule has 0 heterocycles. The molecule has 2 aromatic rings. The Labute approximate surface area is 120 Å². The zero-order chi connectivity index (χ0) is 13.8. The number of aliphatic carboxylic acids is 1. The lowest BCUT2D eigenvalue weighted by Gasteiger charge is -2.04. The first-order valence-corrected chi connectivity index (χ1v) is 6.64. The first-order chi connectivity index (χ1) is 9.08. The number of carboxylic acids is 1. The third kappa shape index (κ3) is 3.32. The minimum Gasteiger partial charge on any atom is -0.478 e. The molecule has 0 fully saturated rings. The van der Waals surface area contributed by atoms with Crippen LogP contribution < -0.4 is 0 Å². The molecule has 0 spiro atoms. The highest BCUT2D eigenvalue weighted by Gasteiger charge is 2.10. The van der Waals surface area contributed by atoms with Gasteiger partial charge in [-0.1, -0.05) is 58.4 Å². The maximum atomic E-state index is 11.4. The van der Waals surface area contributed by atoms with E-state index in [1.54, 1.807) is 18.2 Å².